The van der Waals surface area contributed by atoms with Crippen molar-refractivity contribution in [2.24, 2.45) is 0 Å². The van der Waals surface area contributed by atoms with Crippen molar-refractivity contribution in [1.82, 2.24) is 9.62 Å². The molecule has 0 unspecified atom stereocenters. The van der Waals surface area contributed by atoms with Gasteiger partial charge in [-0.05, 0) is 32.0 Å². The van der Waals surface area contributed by atoms with Gasteiger partial charge in [-0.15, -0.1) is 0 Å². The van der Waals surface area contributed by atoms with Crippen LogP contribution in [0.4, 0.5) is 0 Å². The first-order valence-corrected chi connectivity index (χ1v) is 10.2. The third-order valence-corrected chi connectivity index (χ3v) is 6.35. The number of carbonyl (C=O) groups is 1. The molecule has 0 aliphatic carbocycles. The molecule has 2 aromatic rings. The van der Waals surface area contributed by atoms with Crippen LogP contribution < -0.4 is 10.1 Å². The average Bonchev–Trinajstić information content (AvgIpc) is 2.61. The van der Waals surface area contributed by atoms with Gasteiger partial charge in [0.25, 0.3) is 0 Å². The largest absolute Gasteiger partial charge is 0.487 e. The maximum absolute atomic E-state index is 12.6. The summed E-state index contributed by atoms with van der Waals surface area (Å²) in [5.74, 6) is 0.388. The summed E-state index contributed by atoms with van der Waals surface area (Å²) in [6.07, 6.45) is 0.602. The molecule has 1 aliphatic rings. The van der Waals surface area contributed by atoms with Crippen molar-refractivity contribution in [2.75, 3.05) is 13.6 Å². The zero-order valence-electron chi connectivity index (χ0n) is 15.7. The van der Waals surface area contributed by atoms with Crippen LogP contribution in [0, 0.1) is 0 Å². The zero-order valence-corrected chi connectivity index (χ0v) is 16.5. The van der Waals surface area contributed by atoms with Gasteiger partial charge in [0.15, 0.2) is 0 Å². The van der Waals surface area contributed by atoms with Crippen molar-refractivity contribution in [3.8, 4) is 5.75 Å². The van der Waals surface area contributed by atoms with E-state index < -0.39 is 15.6 Å². The molecule has 3 rings (SSSR count). The number of hydrogen-bond donors (Lipinski definition) is 1. The first-order valence-electron chi connectivity index (χ1n) is 8.78. The SMILES string of the molecule is CN(CC(=O)N[C@H]1CC(C)(C)Oc2ccccc21)S(=O)(=O)c1ccccc1. The number of sulfonamides is 1. The van der Waals surface area contributed by atoms with Crippen LogP contribution in [0.1, 0.15) is 31.9 Å². The van der Waals surface area contributed by atoms with Gasteiger partial charge in [0, 0.05) is 19.0 Å². The van der Waals surface area contributed by atoms with Crippen LogP contribution in [0.15, 0.2) is 59.5 Å². The van der Waals surface area contributed by atoms with Crippen molar-refractivity contribution in [1.29, 1.82) is 0 Å². The summed E-state index contributed by atoms with van der Waals surface area (Å²) >= 11 is 0. The molecule has 6 nitrogen and oxygen atoms in total. The van der Waals surface area contributed by atoms with Crippen LogP contribution >= 0.6 is 0 Å². The number of nitrogens with zero attached hydrogens (tertiary/aromatic N) is 1. The minimum absolute atomic E-state index is 0.165. The summed E-state index contributed by atoms with van der Waals surface area (Å²) in [7, 11) is -2.30. The predicted octanol–water partition coefficient (Wildman–Crippen LogP) is 2.73. The normalized spacial score (nSPS) is 18.4. The number of ether oxygens (including phenoxy) is 1. The minimum Gasteiger partial charge on any atom is -0.487 e. The molecular formula is C20H24N2O4S. The molecule has 0 saturated carbocycles. The molecule has 1 aliphatic heterocycles. The van der Waals surface area contributed by atoms with Crippen molar-refractivity contribution >= 4 is 15.9 Å². The molecule has 1 N–H and O–H groups in total. The Kier molecular flexibility index (Phi) is 5.26. The first-order chi connectivity index (χ1) is 12.7. The lowest BCUT2D eigenvalue weighted by atomic mass is 9.89. The van der Waals surface area contributed by atoms with Crippen molar-refractivity contribution in [3.63, 3.8) is 0 Å². The Hall–Kier alpha value is -2.38. The zero-order chi connectivity index (χ0) is 19.7. The highest BCUT2D eigenvalue weighted by Gasteiger charge is 2.34. The quantitative estimate of drug-likeness (QED) is 0.855. The third-order valence-electron chi connectivity index (χ3n) is 4.53. The number of fused-ring (bicyclic) bond motifs is 1. The standard InChI is InChI=1S/C20H24N2O4S/c1-20(2)13-17(16-11-7-8-12-18(16)26-20)21-19(23)14-22(3)27(24,25)15-9-5-4-6-10-15/h4-12,17H,13-14H2,1-3H3,(H,21,23)/t17-/m0/s1. The lowest BCUT2D eigenvalue weighted by Gasteiger charge is -2.38. The number of rotatable bonds is 5. The predicted molar refractivity (Wildman–Crippen MR) is 103 cm³/mol. The molecule has 7 heteroatoms. The van der Waals surface area contributed by atoms with E-state index >= 15 is 0 Å². The topological polar surface area (TPSA) is 75.7 Å². The molecule has 2 aromatic carbocycles. The average molecular weight is 388 g/mol. The number of benzene rings is 2. The van der Waals surface area contributed by atoms with Gasteiger partial charge in [-0.1, -0.05) is 36.4 Å². The second-order valence-corrected chi connectivity index (χ2v) is 9.34. The Morgan fingerprint density at radius 1 is 1.15 bits per heavy atom. The number of carbonyl (C=O) groups excluding carboxylic acids is 1. The van der Waals surface area contributed by atoms with Gasteiger partial charge >= 0.3 is 0 Å². The molecule has 144 valence electrons. The highest BCUT2D eigenvalue weighted by molar-refractivity contribution is 7.89. The van der Waals surface area contributed by atoms with Gasteiger partial charge in [-0.2, -0.15) is 4.31 Å². The molecule has 0 fully saturated rings. The molecule has 0 radical (unpaired) electrons. The van der Waals surface area contributed by atoms with Crippen LogP contribution in [-0.2, 0) is 14.8 Å². The van der Waals surface area contributed by atoms with Crippen molar-refractivity contribution in [3.05, 3.63) is 60.2 Å². The van der Waals surface area contributed by atoms with E-state index in [1.54, 1.807) is 18.2 Å². The highest BCUT2D eigenvalue weighted by atomic mass is 32.2. The molecule has 0 saturated heterocycles. The fourth-order valence-electron chi connectivity index (χ4n) is 3.23. The van der Waals surface area contributed by atoms with Gasteiger partial charge in [0.2, 0.25) is 15.9 Å². The van der Waals surface area contributed by atoms with E-state index in [1.165, 1.54) is 19.2 Å². The summed E-state index contributed by atoms with van der Waals surface area (Å²) in [4.78, 5) is 12.7. The Labute approximate surface area is 160 Å². The van der Waals surface area contributed by atoms with Crippen LogP contribution in [-0.4, -0.2) is 37.8 Å². The number of hydrogen-bond acceptors (Lipinski definition) is 4. The number of amides is 1. The monoisotopic (exact) mass is 388 g/mol. The minimum atomic E-state index is -3.71. The van der Waals surface area contributed by atoms with Crippen molar-refractivity contribution < 1.29 is 17.9 Å². The van der Waals surface area contributed by atoms with E-state index in [-0.39, 0.29) is 23.4 Å². The Morgan fingerprint density at radius 2 is 1.78 bits per heavy atom. The molecule has 1 heterocycles. The maximum atomic E-state index is 12.6. The van der Waals surface area contributed by atoms with E-state index in [9.17, 15) is 13.2 Å². The number of likely N-dealkylation sites (N-methyl/N-ethyl adjacent to an activating group) is 1. The molecule has 0 aromatic heterocycles. The van der Waals surface area contributed by atoms with Crippen LogP contribution in [0.25, 0.3) is 0 Å². The van der Waals surface area contributed by atoms with Crippen LogP contribution in [0.2, 0.25) is 0 Å². The van der Waals surface area contributed by atoms with Gasteiger partial charge in [0.1, 0.15) is 11.4 Å². The molecule has 1 amide bonds. The molecule has 0 spiro atoms. The lowest BCUT2D eigenvalue weighted by molar-refractivity contribution is -0.122. The van der Waals surface area contributed by atoms with Gasteiger partial charge < -0.3 is 10.1 Å². The summed E-state index contributed by atoms with van der Waals surface area (Å²) < 4.78 is 32.2. The van der Waals surface area contributed by atoms with E-state index in [0.717, 1.165) is 15.6 Å². The van der Waals surface area contributed by atoms with E-state index in [0.29, 0.717) is 6.42 Å². The fraction of sp³-hybridized carbons (Fsp3) is 0.350. The van der Waals surface area contributed by atoms with Gasteiger partial charge in [-0.25, -0.2) is 8.42 Å². The summed E-state index contributed by atoms with van der Waals surface area (Å²) in [5.41, 5.74) is 0.479. The first kappa shape index (κ1) is 19.4. The van der Waals surface area contributed by atoms with E-state index in [2.05, 4.69) is 5.32 Å². The Morgan fingerprint density at radius 3 is 2.48 bits per heavy atom. The lowest BCUT2D eigenvalue weighted by Crippen LogP contribution is -2.44. The molecule has 27 heavy (non-hydrogen) atoms. The van der Waals surface area contributed by atoms with E-state index in [1.807, 2.05) is 38.1 Å². The molecule has 1 atom stereocenters. The maximum Gasteiger partial charge on any atom is 0.243 e. The molecular weight excluding hydrogens is 364 g/mol. The number of para-hydroxylation sites is 1. The second kappa shape index (κ2) is 7.32. The van der Waals surface area contributed by atoms with Crippen LogP contribution in [0.3, 0.4) is 0 Å². The highest BCUT2D eigenvalue weighted by Crippen LogP contribution is 2.39. The van der Waals surface area contributed by atoms with Gasteiger partial charge in [0.05, 0.1) is 17.5 Å². The smallest absolute Gasteiger partial charge is 0.243 e. The van der Waals surface area contributed by atoms with E-state index in [4.69, 9.17) is 4.74 Å². The summed E-state index contributed by atoms with van der Waals surface area (Å²) in [6, 6.07) is 15.4. The van der Waals surface area contributed by atoms with Crippen molar-refractivity contribution in [2.45, 2.75) is 36.8 Å². The number of nitrogens with one attached hydrogen (secondary N) is 1. The second-order valence-electron chi connectivity index (χ2n) is 7.30. The summed E-state index contributed by atoms with van der Waals surface area (Å²) in [5, 5.41) is 2.96. The fourth-order valence-corrected chi connectivity index (χ4v) is 4.38. The summed E-state index contributed by atoms with van der Waals surface area (Å²) in [6.45, 7) is 3.68. The third kappa shape index (κ3) is 4.31. The van der Waals surface area contributed by atoms with Gasteiger partial charge in [-0.3, -0.25) is 4.79 Å². The van der Waals surface area contributed by atoms with Crippen LogP contribution in [0.5, 0.6) is 5.75 Å². The Bertz CT molecular complexity index is 926. The Balaban J connectivity index is 1.73. The molecule has 0 bridgehead atoms.